The quantitative estimate of drug-likeness (QED) is 0.517. The lowest BCUT2D eigenvalue weighted by molar-refractivity contribution is 0.748. The Bertz CT molecular complexity index is 163. The van der Waals surface area contributed by atoms with Crippen LogP contribution in [0.4, 0.5) is 0 Å². The van der Waals surface area contributed by atoms with Gasteiger partial charge < -0.3 is 0 Å². The molecule has 0 aromatic heterocycles. The highest BCUT2D eigenvalue weighted by molar-refractivity contribution is 5.29. The van der Waals surface area contributed by atoms with Gasteiger partial charge in [-0.05, 0) is 37.7 Å². The maximum Gasteiger partial charge on any atom is -0.0231 e. The van der Waals surface area contributed by atoms with E-state index in [9.17, 15) is 0 Å². The molecule has 0 fully saturated rings. The number of allylic oxidation sites excluding steroid dienone is 3. The molecule has 0 atom stereocenters. The standard InChI is InChI=1S/C10H15/c1-8(2)10-6-4-9(3)5-7-10/h6H,1,4-5,7H2,2-3H3. The molecule has 0 N–H and O–H groups in total. The fourth-order valence-corrected chi connectivity index (χ4v) is 1.24. The molecule has 0 aromatic rings. The molecule has 0 amide bonds. The minimum atomic E-state index is 1.17. The third kappa shape index (κ3) is 1.73. The first-order valence-corrected chi connectivity index (χ1v) is 3.86. The molecule has 1 aliphatic rings. The average molecular weight is 135 g/mol. The van der Waals surface area contributed by atoms with E-state index in [1.165, 1.54) is 30.4 Å². The molecule has 0 aliphatic heterocycles. The summed E-state index contributed by atoms with van der Waals surface area (Å²) in [5.41, 5.74) is 2.71. The fourth-order valence-electron chi connectivity index (χ4n) is 1.24. The van der Waals surface area contributed by atoms with E-state index in [1.807, 2.05) is 0 Å². The van der Waals surface area contributed by atoms with Crippen LogP contribution in [0, 0.1) is 5.92 Å². The Kier molecular flexibility index (Phi) is 2.31. The lowest BCUT2D eigenvalue weighted by atomic mass is 9.88. The van der Waals surface area contributed by atoms with Crippen molar-refractivity contribution < 1.29 is 0 Å². The third-order valence-corrected chi connectivity index (χ3v) is 2.07. The molecule has 0 nitrogen and oxygen atoms in total. The predicted molar refractivity (Wildman–Crippen MR) is 45.7 cm³/mol. The number of hydrogen-bond donors (Lipinski definition) is 0. The Labute approximate surface area is 63.6 Å². The van der Waals surface area contributed by atoms with Gasteiger partial charge in [0.1, 0.15) is 0 Å². The molecule has 1 aliphatic carbocycles. The molecular weight excluding hydrogens is 120 g/mol. The maximum atomic E-state index is 3.93. The summed E-state index contributed by atoms with van der Waals surface area (Å²) in [5, 5.41) is 0. The van der Waals surface area contributed by atoms with Crippen molar-refractivity contribution in [3.63, 3.8) is 0 Å². The van der Waals surface area contributed by atoms with Crippen molar-refractivity contribution in [2.75, 3.05) is 0 Å². The highest BCUT2D eigenvalue weighted by Crippen LogP contribution is 2.27. The molecular formula is C10H15. The second-order valence-corrected chi connectivity index (χ2v) is 3.17. The van der Waals surface area contributed by atoms with E-state index in [0.29, 0.717) is 0 Å². The van der Waals surface area contributed by atoms with Gasteiger partial charge in [0.05, 0.1) is 0 Å². The molecule has 0 heteroatoms. The molecule has 0 saturated heterocycles. The Hall–Kier alpha value is -0.520. The topological polar surface area (TPSA) is 0 Å². The number of rotatable bonds is 1. The van der Waals surface area contributed by atoms with Crippen LogP contribution in [-0.4, -0.2) is 0 Å². The van der Waals surface area contributed by atoms with Crippen molar-refractivity contribution >= 4 is 0 Å². The normalized spacial score (nSPS) is 20.4. The first-order valence-electron chi connectivity index (χ1n) is 3.86. The van der Waals surface area contributed by atoms with Gasteiger partial charge in [-0.1, -0.05) is 25.2 Å². The van der Waals surface area contributed by atoms with E-state index >= 15 is 0 Å². The van der Waals surface area contributed by atoms with Crippen LogP contribution in [0.15, 0.2) is 23.8 Å². The van der Waals surface area contributed by atoms with Gasteiger partial charge in [-0.25, -0.2) is 0 Å². The summed E-state index contributed by atoms with van der Waals surface area (Å²) in [4.78, 5) is 0. The van der Waals surface area contributed by atoms with Gasteiger partial charge in [0.2, 0.25) is 0 Å². The zero-order chi connectivity index (χ0) is 7.56. The van der Waals surface area contributed by atoms with E-state index in [1.54, 1.807) is 5.92 Å². The molecule has 0 spiro atoms. The molecule has 0 saturated carbocycles. The second-order valence-electron chi connectivity index (χ2n) is 3.17. The van der Waals surface area contributed by atoms with Crippen LogP contribution in [0.2, 0.25) is 0 Å². The molecule has 1 radical (unpaired) electrons. The van der Waals surface area contributed by atoms with Crippen LogP contribution in [0.5, 0.6) is 0 Å². The van der Waals surface area contributed by atoms with Crippen molar-refractivity contribution in [2.45, 2.75) is 33.1 Å². The zero-order valence-corrected chi connectivity index (χ0v) is 6.91. The smallest absolute Gasteiger partial charge is 0.0231 e. The van der Waals surface area contributed by atoms with E-state index in [2.05, 4.69) is 26.5 Å². The lowest BCUT2D eigenvalue weighted by Gasteiger charge is -2.17. The molecule has 55 valence electrons. The monoisotopic (exact) mass is 135 g/mol. The lowest BCUT2D eigenvalue weighted by Crippen LogP contribution is -1.99. The first kappa shape index (κ1) is 7.59. The van der Waals surface area contributed by atoms with Gasteiger partial charge in [0.25, 0.3) is 0 Å². The van der Waals surface area contributed by atoms with Crippen molar-refractivity contribution in [1.29, 1.82) is 0 Å². The van der Waals surface area contributed by atoms with E-state index in [4.69, 9.17) is 0 Å². The molecule has 10 heavy (non-hydrogen) atoms. The van der Waals surface area contributed by atoms with Gasteiger partial charge in [0, 0.05) is 0 Å². The predicted octanol–water partition coefficient (Wildman–Crippen LogP) is 3.27. The van der Waals surface area contributed by atoms with Crippen molar-refractivity contribution in [3.05, 3.63) is 29.7 Å². The minimum Gasteiger partial charge on any atom is -0.0958 e. The molecule has 0 bridgehead atoms. The SMILES string of the molecule is C=C(C)C1=CC[C](C)CC1. The Balaban J connectivity index is 2.56. The van der Waals surface area contributed by atoms with E-state index < -0.39 is 0 Å². The van der Waals surface area contributed by atoms with Crippen LogP contribution in [0.25, 0.3) is 0 Å². The maximum absolute atomic E-state index is 3.93. The summed E-state index contributed by atoms with van der Waals surface area (Å²) < 4.78 is 0. The summed E-state index contributed by atoms with van der Waals surface area (Å²) >= 11 is 0. The summed E-state index contributed by atoms with van der Waals surface area (Å²) in [5.74, 6) is 1.60. The Morgan fingerprint density at radius 2 is 2.20 bits per heavy atom. The van der Waals surface area contributed by atoms with Crippen molar-refractivity contribution in [1.82, 2.24) is 0 Å². The summed E-state index contributed by atoms with van der Waals surface area (Å²) in [6.07, 6.45) is 5.95. The second kappa shape index (κ2) is 3.05. The van der Waals surface area contributed by atoms with Crippen LogP contribution in [-0.2, 0) is 0 Å². The van der Waals surface area contributed by atoms with Crippen LogP contribution in [0.1, 0.15) is 33.1 Å². The van der Waals surface area contributed by atoms with Gasteiger partial charge in [0.15, 0.2) is 0 Å². The number of hydrogen-bond acceptors (Lipinski definition) is 0. The highest BCUT2D eigenvalue weighted by Gasteiger charge is 2.09. The molecule has 0 aromatic carbocycles. The van der Waals surface area contributed by atoms with Gasteiger partial charge in [-0.2, -0.15) is 0 Å². The molecule has 0 heterocycles. The first-order chi connectivity index (χ1) is 4.70. The third-order valence-electron chi connectivity index (χ3n) is 2.07. The highest BCUT2D eigenvalue weighted by atomic mass is 14.1. The Morgan fingerprint density at radius 3 is 2.60 bits per heavy atom. The van der Waals surface area contributed by atoms with Gasteiger partial charge >= 0.3 is 0 Å². The van der Waals surface area contributed by atoms with E-state index in [0.717, 1.165) is 0 Å². The zero-order valence-electron chi connectivity index (χ0n) is 6.91. The summed E-state index contributed by atoms with van der Waals surface area (Å²) in [6.45, 7) is 8.24. The van der Waals surface area contributed by atoms with Crippen molar-refractivity contribution in [3.8, 4) is 0 Å². The van der Waals surface area contributed by atoms with Crippen molar-refractivity contribution in [2.24, 2.45) is 0 Å². The molecule has 0 unspecified atom stereocenters. The summed E-state index contributed by atoms with van der Waals surface area (Å²) in [6, 6.07) is 0. The minimum absolute atomic E-state index is 1.17. The fraction of sp³-hybridized carbons (Fsp3) is 0.500. The van der Waals surface area contributed by atoms with Crippen LogP contribution in [0.3, 0.4) is 0 Å². The average Bonchev–Trinajstić information content (AvgIpc) is 1.88. The van der Waals surface area contributed by atoms with E-state index in [-0.39, 0.29) is 0 Å². The summed E-state index contributed by atoms with van der Waals surface area (Å²) in [7, 11) is 0. The molecule has 1 rings (SSSR count). The van der Waals surface area contributed by atoms with Gasteiger partial charge in [-0.15, -0.1) is 0 Å². The largest absolute Gasteiger partial charge is 0.0958 e. The van der Waals surface area contributed by atoms with Gasteiger partial charge in [-0.3, -0.25) is 0 Å². The van der Waals surface area contributed by atoms with Crippen LogP contribution < -0.4 is 0 Å². The Morgan fingerprint density at radius 1 is 1.50 bits per heavy atom. The van der Waals surface area contributed by atoms with Crippen LogP contribution >= 0.6 is 0 Å².